The topological polar surface area (TPSA) is 34.9 Å². The van der Waals surface area contributed by atoms with Crippen LogP contribution in [-0.2, 0) is 6.42 Å². The minimum absolute atomic E-state index is 0.120. The van der Waals surface area contributed by atoms with Crippen LogP contribution in [0.15, 0.2) is 84.0 Å². The highest BCUT2D eigenvalue weighted by molar-refractivity contribution is 7.99. The lowest BCUT2D eigenvalue weighted by Crippen LogP contribution is -2.04. The predicted octanol–water partition coefficient (Wildman–Crippen LogP) is 5.56. The van der Waals surface area contributed by atoms with Crippen LogP contribution >= 0.6 is 11.8 Å². The van der Waals surface area contributed by atoms with Gasteiger partial charge in [0.25, 0.3) is 0 Å². The van der Waals surface area contributed by atoms with E-state index in [0.29, 0.717) is 5.75 Å². The first-order valence-electron chi connectivity index (χ1n) is 9.04. The largest absolute Gasteiger partial charge is 0.293 e. The van der Waals surface area contributed by atoms with Crippen LogP contribution in [0.4, 0.5) is 0 Å². The number of aromatic nitrogens is 2. The van der Waals surface area contributed by atoms with Gasteiger partial charge in [-0.3, -0.25) is 9.36 Å². The molecule has 0 saturated carbocycles. The monoisotopic (exact) mass is 372 g/mol. The van der Waals surface area contributed by atoms with E-state index in [1.807, 2.05) is 60.7 Å². The van der Waals surface area contributed by atoms with Gasteiger partial charge in [0, 0.05) is 11.3 Å². The maximum absolute atomic E-state index is 12.6. The second-order valence-corrected chi connectivity index (χ2v) is 7.26. The molecule has 0 radical (unpaired) electrons. The third kappa shape index (κ3) is 3.67. The van der Waals surface area contributed by atoms with Gasteiger partial charge in [0.1, 0.15) is 0 Å². The van der Waals surface area contributed by atoms with Gasteiger partial charge < -0.3 is 0 Å². The number of rotatable bonds is 6. The van der Waals surface area contributed by atoms with Gasteiger partial charge in [-0.25, -0.2) is 4.98 Å². The summed E-state index contributed by atoms with van der Waals surface area (Å²) >= 11 is 1.48. The highest BCUT2D eigenvalue weighted by Gasteiger charge is 2.15. The highest BCUT2D eigenvalue weighted by Crippen LogP contribution is 2.28. The zero-order valence-electron chi connectivity index (χ0n) is 15.1. The highest BCUT2D eigenvalue weighted by atomic mass is 32.2. The van der Waals surface area contributed by atoms with E-state index in [9.17, 15) is 4.79 Å². The van der Waals surface area contributed by atoms with Gasteiger partial charge >= 0.3 is 0 Å². The Balaban J connectivity index is 1.62. The van der Waals surface area contributed by atoms with E-state index in [1.54, 1.807) is 0 Å². The summed E-state index contributed by atoms with van der Waals surface area (Å²) in [5, 5.41) is 0.834. The normalized spacial score (nSPS) is 11.0. The molecule has 0 spiro atoms. The van der Waals surface area contributed by atoms with Crippen LogP contribution in [0, 0.1) is 0 Å². The minimum atomic E-state index is 0.120. The Labute approximate surface area is 163 Å². The lowest BCUT2D eigenvalue weighted by Gasteiger charge is -2.08. The predicted molar refractivity (Wildman–Crippen MR) is 112 cm³/mol. The van der Waals surface area contributed by atoms with Crippen molar-refractivity contribution in [2.45, 2.75) is 18.5 Å². The SMILES string of the molecule is CCc1ccc(C(=O)CSc2nc3ccccc3n2-c2ccccc2)cc1. The number of para-hydroxylation sites is 3. The van der Waals surface area contributed by atoms with Gasteiger partial charge in [-0.05, 0) is 36.2 Å². The summed E-state index contributed by atoms with van der Waals surface area (Å²) in [5.41, 5.74) is 5.02. The average Bonchev–Trinajstić information content (AvgIpc) is 3.11. The minimum Gasteiger partial charge on any atom is -0.293 e. The number of imidazole rings is 1. The van der Waals surface area contributed by atoms with Gasteiger partial charge in [0.2, 0.25) is 0 Å². The Morgan fingerprint density at radius 2 is 1.63 bits per heavy atom. The van der Waals surface area contributed by atoms with Gasteiger partial charge in [0.05, 0.1) is 16.8 Å². The molecule has 1 heterocycles. The first-order valence-corrected chi connectivity index (χ1v) is 10.0. The molecule has 1 aromatic heterocycles. The van der Waals surface area contributed by atoms with Crippen LogP contribution in [-0.4, -0.2) is 21.1 Å². The molecule has 0 aliphatic rings. The zero-order chi connectivity index (χ0) is 18.6. The Kier molecular flexibility index (Phi) is 5.07. The lowest BCUT2D eigenvalue weighted by atomic mass is 10.1. The standard InChI is InChI=1S/C23H20N2OS/c1-2-17-12-14-18(15-13-17)22(26)16-27-23-24-20-10-6-7-11-21(20)25(23)19-8-4-3-5-9-19/h3-15H,2,16H2,1H3. The molecule has 3 nitrogen and oxygen atoms in total. The van der Waals surface area contributed by atoms with Gasteiger partial charge in [-0.2, -0.15) is 0 Å². The van der Waals surface area contributed by atoms with Crippen molar-refractivity contribution in [2.24, 2.45) is 0 Å². The summed E-state index contributed by atoms with van der Waals surface area (Å²) in [7, 11) is 0. The van der Waals surface area contributed by atoms with Crippen molar-refractivity contribution in [3.05, 3.63) is 90.0 Å². The summed E-state index contributed by atoms with van der Waals surface area (Å²) in [6.45, 7) is 2.11. The fraction of sp³-hybridized carbons (Fsp3) is 0.130. The maximum Gasteiger partial charge on any atom is 0.174 e. The number of nitrogens with zero attached hydrogens (tertiary/aromatic N) is 2. The second kappa shape index (κ2) is 7.80. The van der Waals surface area contributed by atoms with E-state index in [0.717, 1.165) is 33.9 Å². The van der Waals surface area contributed by atoms with Crippen LogP contribution < -0.4 is 0 Å². The number of carbonyl (C=O) groups is 1. The molecule has 134 valence electrons. The Hall–Kier alpha value is -2.85. The summed E-state index contributed by atoms with van der Waals surface area (Å²) in [5.74, 6) is 0.482. The fourth-order valence-corrected chi connectivity index (χ4v) is 3.99. The van der Waals surface area contributed by atoms with Crippen molar-refractivity contribution in [1.82, 2.24) is 9.55 Å². The third-order valence-corrected chi connectivity index (χ3v) is 5.50. The number of aryl methyl sites for hydroxylation is 1. The lowest BCUT2D eigenvalue weighted by molar-refractivity contribution is 0.102. The van der Waals surface area contributed by atoms with E-state index < -0.39 is 0 Å². The van der Waals surface area contributed by atoms with Crippen molar-refractivity contribution >= 4 is 28.6 Å². The Morgan fingerprint density at radius 1 is 0.926 bits per heavy atom. The van der Waals surface area contributed by atoms with Crippen LogP contribution in [0.2, 0.25) is 0 Å². The van der Waals surface area contributed by atoms with Crippen molar-refractivity contribution in [1.29, 1.82) is 0 Å². The molecule has 0 N–H and O–H groups in total. The molecule has 0 atom stereocenters. The van der Waals surface area contributed by atoms with Crippen molar-refractivity contribution in [3.63, 3.8) is 0 Å². The van der Waals surface area contributed by atoms with Crippen LogP contribution in [0.3, 0.4) is 0 Å². The third-order valence-electron chi connectivity index (χ3n) is 4.56. The smallest absolute Gasteiger partial charge is 0.174 e. The molecule has 4 heteroatoms. The first kappa shape index (κ1) is 17.6. The van der Waals surface area contributed by atoms with E-state index in [1.165, 1.54) is 17.3 Å². The maximum atomic E-state index is 12.6. The molecule has 27 heavy (non-hydrogen) atoms. The number of benzene rings is 3. The number of hydrogen-bond donors (Lipinski definition) is 0. The molecular formula is C23H20N2OS. The number of ketones is 1. The van der Waals surface area contributed by atoms with Crippen LogP contribution in [0.1, 0.15) is 22.8 Å². The van der Waals surface area contributed by atoms with Gasteiger partial charge in [-0.1, -0.05) is 73.3 Å². The summed E-state index contributed by atoms with van der Waals surface area (Å²) in [6, 6.07) is 26.1. The molecule has 0 fully saturated rings. The van der Waals surface area contributed by atoms with Crippen molar-refractivity contribution < 1.29 is 4.79 Å². The molecule has 3 aromatic carbocycles. The van der Waals surface area contributed by atoms with E-state index in [4.69, 9.17) is 4.98 Å². The van der Waals surface area contributed by atoms with E-state index in [2.05, 4.69) is 29.7 Å². The fourth-order valence-electron chi connectivity index (χ4n) is 3.07. The number of thioether (sulfide) groups is 1. The van der Waals surface area contributed by atoms with Crippen LogP contribution in [0.5, 0.6) is 0 Å². The van der Waals surface area contributed by atoms with Crippen molar-refractivity contribution in [3.8, 4) is 5.69 Å². The van der Waals surface area contributed by atoms with Crippen LogP contribution in [0.25, 0.3) is 16.7 Å². The Bertz CT molecular complexity index is 1070. The van der Waals surface area contributed by atoms with E-state index in [-0.39, 0.29) is 5.78 Å². The molecular weight excluding hydrogens is 352 g/mol. The number of hydrogen-bond acceptors (Lipinski definition) is 3. The molecule has 0 saturated heterocycles. The number of Topliss-reactive ketones (excluding diaryl/α,β-unsaturated/α-hetero) is 1. The Morgan fingerprint density at radius 3 is 2.37 bits per heavy atom. The number of fused-ring (bicyclic) bond motifs is 1. The summed E-state index contributed by atoms with van der Waals surface area (Å²) in [6.07, 6.45) is 0.977. The quantitative estimate of drug-likeness (QED) is 0.328. The summed E-state index contributed by atoms with van der Waals surface area (Å²) in [4.78, 5) is 17.4. The zero-order valence-corrected chi connectivity index (χ0v) is 15.9. The van der Waals surface area contributed by atoms with Gasteiger partial charge in [0.15, 0.2) is 10.9 Å². The van der Waals surface area contributed by atoms with Crippen molar-refractivity contribution in [2.75, 3.05) is 5.75 Å². The molecule has 4 rings (SSSR count). The summed E-state index contributed by atoms with van der Waals surface area (Å²) < 4.78 is 2.12. The number of carbonyl (C=O) groups excluding carboxylic acids is 1. The van der Waals surface area contributed by atoms with E-state index >= 15 is 0 Å². The molecule has 0 aliphatic heterocycles. The molecule has 0 bridgehead atoms. The van der Waals surface area contributed by atoms with Gasteiger partial charge in [-0.15, -0.1) is 0 Å². The second-order valence-electron chi connectivity index (χ2n) is 6.32. The molecule has 0 amide bonds. The molecule has 0 unspecified atom stereocenters. The first-order chi connectivity index (χ1) is 13.3. The average molecular weight is 372 g/mol. The molecule has 0 aliphatic carbocycles. The molecule has 4 aromatic rings.